The van der Waals surface area contributed by atoms with Gasteiger partial charge in [-0.3, -0.25) is 9.59 Å². The zero-order valence-corrected chi connectivity index (χ0v) is 18.2. The lowest BCUT2D eigenvalue weighted by atomic mass is 9.62. The Morgan fingerprint density at radius 1 is 1.12 bits per heavy atom. The second kappa shape index (κ2) is 9.51. The number of piperidine rings is 2. The number of carbonyl (C=O) groups is 2. The highest BCUT2D eigenvalue weighted by Gasteiger charge is 2.47. The fourth-order valence-electron chi connectivity index (χ4n) is 5.18. The maximum atomic E-state index is 13.5. The SMILES string of the molecule is C=CC=C[C@H](C(=O)N1CCC2(CC1)CC(=O)NC[C@H]2c1ccc(F)cc1)c1ccccc1. The van der Waals surface area contributed by atoms with Crippen LogP contribution >= 0.6 is 0 Å². The van der Waals surface area contributed by atoms with Gasteiger partial charge in [-0.15, -0.1) is 0 Å². The molecule has 0 unspecified atom stereocenters. The highest BCUT2D eigenvalue weighted by Crippen LogP contribution is 2.49. The Labute approximate surface area is 188 Å². The number of carbonyl (C=O) groups excluding carboxylic acids is 2. The summed E-state index contributed by atoms with van der Waals surface area (Å²) in [6.07, 6.45) is 7.33. The molecule has 2 fully saturated rings. The zero-order valence-electron chi connectivity index (χ0n) is 18.2. The van der Waals surface area contributed by atoms with Gasteiger partial charge in [-0.25, -0.2) is 4.39 Å². The second-order valence-corrected chi connectivity index (χ2v) is 8.78. The molecule has 1 spiro atoms. The van der Waals surface area contributed by atoms with Crippen LogP contribution in [-0.4, -0.2) is 36.3 Å². The first-order valence-corrected chi connectivity index (χ1v) is 11.2. The average molecular weight is 433 g/mol. The van der Waals surface area contributed by atoms with Gasteiger partial charge in [0.15, 0.2) is 0 Å². The molecule has 0 aliphatic carbocycles. The van der Waals surface area contributed by atoms with Crippen LogP contribution in [0.5, 0.6) is 0 Å². The summed E-state index contributed by atoms with van der Waals surface area (Å²) in [5, 5.41) is 2.98. The van der Waals surface area contributed by atoms with Crippen molar-refractivity contribution >= 4 is 11.8 Å². The van der Waals surface area contributed by atoms with Gasteiger partial charge in [0.05, 0.1) is 5.92 Å². The Hall–Kier alpha value is -3.21. The van der Waals surface area contributed by atoms with Gasteiger partial charge >= 0.3 is 0 Å². The Morgan fingerprint density at radius 3 is 2.47 bits per heavy atom. The summed E-state index contributed by atoms with van der Waals surface area (Å²) in [6.45, 7) is 5.49. The fraction of sp³-hybridized carbons (Fsp3) is 0.333. The second-order valence-electron chi connectivity index (χ2n) is 8.78. The van der Waals surface area contributed by atoms with E-state index in [1.807, 2.05) is 59.5 Å². The molecule has 2 atom stereocenters. The summed E-state index contributed by atoms with van der Waals surface area (Å²) in [7, 11) is 0. The number of likely N-dealkylation sites (tertiary alicyclic amines) is 1. The predicted molar refractivity (Wildman–Crippen MR) is 124 cm³/mol. The number of benzene rings is 2. The summed E-state index contributed by atoms with van der Waals surface area (Å²) < 4.78 is 13.5. The van der Waals surface area contributed by atoms with Crippen molar-refractivity contribution in [3.05, 3.63) is 96.3 Å². The van der Waals surface area contributed by atoms with Crippen LogP contribution in [0.3, 0.4) is 0 Å². The third-order valence-corrected chi connectivity index (χ3v) is 6.96. The highest BCUT2D eigenvalue weighted by molar-refractivity contribution is 5.86. The predicted octanol–water partition coefficient (Wildman–Crippen LogP) is 4.56. The van der Waals surface area contributed by atoms with Crippen LogP contribution in [0.2, 0.25) is 0 Å². The van der Waals surface area contributed by atoms with Crippen molar-refractivity contribution in [2.24, 2.45) is 5.41 Å². The fourth-order valence-corrected chi connectivity index (χ4v) is 5.18. The lowest BCUT2D eigenvalue weighted by molar-refractivity contribution is -0.136. The van der Waals surface area contributed by atoms with Gasteiger partial charge in [-0.2, -0.15) is 0 Å². The van der Waals surface area contributed by atoms with Crippen LogP contribution in [0.15, 0.2) is 79.4 Å². The van der Waals surface area contributed by atoms with E-state index < -0.39 is 0 Å². The molecule has 5 heteroatoms. The average Bonchev–Trinajstić information content (AvgIpc) is 2.81. The van der Waals surface area contributed by atoms with Crippen molar-refractivity contribution in [1.82, 2.24) is 10.2 Å². The topological polar surface area (TPSA) is 49.4 Å². The van der Waals surface area contributed by atoms with E-state index >= 15 is 0 Å². The van der Waals surface area contributed by atoms with Crippen LogP contribution in [0, 0.1) is 11.2 Å². The minimum absolute atomic E-state index is 0.0548. The van der Waals surface area contributed by atoms with E-state index in [4.69, 9.17) is 0 Å². The zero-order chi connectivity index (χ0) is 22.6. The van der Waals surface area contributed by atoms with Gasteiger partial charge in [0.1, 0.15) is 5.82 Å². The van der Waals surface area contributed by atoms with Crippen LogP contribution in [0.1, 0.15) is 42.2 Å². The number of rotatable bonds is 5. The summed E-state index contributed by atoms with van der Waals surface area (Å²) in [6, 6.07) is 16.4. The molecule has 2 aromatic carbocycles. The molecule has 4 rings (SSSR count). The summed E-state index contributed by atoms with van der Waals surface area (Å²) >= 11 is 0. The molecule has 0 radical (unpaired) electrons. The molecule has 0 bridgehead atoms. The van der Waals surface area contributed by atoms with E-state index in [-0.39, 0.29) is 34.9 Å². The van der Waals surface area contributed by atoms with Crippen molar-refractivity contribution in [1.29, 1.82) is 0 Å². The largest absolute Gasteiger partial charge is 0.355 e. The van der Waals surface area contributed by atoms with Gasteiger partial charge in [-0.05, 0) is 41.5 Å². The van der Waals surface area contributed by atoms with Crippen molar-refractivity contribution in [2.45, 2.75) is 31.1 Å². The standard InChI is InChI=1S/C27H29FN2O2/c1-2-3-9-23(20-7-5-4-6-8-20)26(32)30-16-14-27(15-17-30)18-25(31)29-19-24(27)21-10-12-22(28)13-11-21/h2-13,23-24H,1,14-19H2,(H,29,31)/t23-,24-/m0/s1. The van der Waals surface area contributed by atoms with Crippen LogP contribution < -0.4 is 5.32 Å². The molecule has 0 saturated carbocycles. The number of halogens is 1. The third kappa shape index (κ3) is 4.52. The summed E-state index contributed by atoms with van der Waals surface area (Å²) in [5.74, 6) is -0.376. The van der Waals surface area contributed by atoms with Crippen molar-refractivity contribution in [3.63, 3.8) is 0 Å². The van der Waals surface area contributed by atoms with Crippen LogP contribution in [0.25, 0.3) is 0 Å². The van der Waals surface area contributed by atoms with Crippen LogP contribution in [-0.2, 0) is 9.59 Å². The van der Waals surface area contributed by atoms with Gasteiger partial charge in [0, 0.05) is 32.0 Å². The van der Waals surface area contributed by atoms with E-state index in [2.05, 4.69) is 11.9 Å². The Bertz CT molecular complexity index is 992. The number of amides is 2. The Morgan fingerprint density at radius 2 is 1.81 bits per heavy atom. The van der Waals surface area contributed by atoms with E-state index in [1.165, 1.54) is 12.1 Å². The van der Waals surface area contributed by atoms with E-state index in [1.54, 1.807) is 6.08 Å². The third-order valence-electron chi connectivity index (χ3n) is 6.96. The van der Waals surface area contributed by atoms with Gasteiger partial charge in [0.2, 0.25) is 11.8 Å². The minimum atomic E-state index is -0.356. The molecule has 2 saturated heterocycles. The smallest absolute Gasteiger partial charge is 0.233 e. The van der Waals surface area contributed by atoms with Crippen molar-refractivity contribution in [2.75, 3.05) is 19.6 Å². The first-order chi connectivity index (χ1) is 15.5. The summed E-state index contributed by atoms with van der Waals surface area (Å²) in [5.41, 5.74) is 1.79. The van der Waals surface area contributed by atoms with Gasteiger partial charge in [-0.1, -0.05) is 67.3 Å². The molecule has 2 aromatic rings. The van der Waals surface area contributed by atoms with Gasteiger partial charge in [0.25, 0.3) is 0 Å². The molecule has 2 heterocycles. The Balaban J connectivity index is 1.53. The highest BCUT2D eigenvalue weighted by atomic mass is 19.1. The summed E-state index contributed by atoms with van der Waals surface area (Å²) in [4.78, 5) is 27.7. The molecule has 166 valence electrons. The lowest BCUT2D eigenvalue weighted by Crippen LogP contribution is -2.53. The van der Waals surface area contributed by atoms with E-state index in [9.17, 15) is 14.0 Å². The molecule has 32 heavy (non-hydrogen) atoms. The normalized spacial score (nSPS) is 21.3. The molecule has 2 aliphatic heterocycles. The molecule has 0 aromatic heterocycles. The molecule has 2 amide bonds. The first-order valence-electron chi connectivity index (χ1n) is 11.2. The molecular formula is C27H29FN2O2. The maximum Gasteiger partial charge on any atom is 0.233 e. The van der Waals surface area contributed by atoms with Crippen LogP contribution in [0.4, 0.5) is 4.39 Å². The molecule has 1 N–H and O–H groups in total. The number of hydrogen-bond acceptors (Lipinski definition) is 2. The molecule has 2 aliphatic rings. The maximum absolute atomic E-state index is 13.5. The van der Waals surface area contributed by atoms with E-state index in [0.717, 1.165) is 24.0 Å². The van der Waals surface area contributed by atoms with Crippen molar-refractivity contribution in [3.8, 4) is 0 Å². The first kappa shape index (κ1) is 22.0. The lowest BCUT2D eigenvalue weighted by Gasteiger charge is -2.49. The van der Waals surface area contributed by atoms with Gasteiger partial charge < -0.3 is 10.2 Å². The quantitative estimate of drug-likeness (QED) is 0.704. The Kier molecular flexibility index (Phi) is 6.54. The number of nitrogens with one attached hydrogen (secondary N) is 1. The number of hydrogen-bond donors (Lipinski definition) is 1. The number of allylic oxidation sites excluding steroid dienone is 2. The van der Waals surface area contributed by atoms with Crippen molar-refractivity contribution < 1.29 is 14.0 Å². The molecule has 4 nitrogen and oxygen atoms in total. The number of nitrogens with zero attached hydrogens (tertiary/aromatic N) is 1. The molecular weight excluding hydrogens is 403 g/mol. The van der Waals surface area contributed by atoms with E-state index in [0.29, 0.717) is 26.1 Å². The minimum Gasteiger partial charge on any atom is -0.355 e. The monoisotopic (exact) mass is 432 g/mol.